The number of aromatic nitrogens is 3. The van der Waals surface area contributed by atoms with E-state index in [2.05, 4.69) is 20.4 Å². The third-order valence-electron chi connectivity index (χ3n) is 7.58. The second kappa shape index (κ2) is 9.99. The molecule has 204 valence electrons. The Morgan fingerprint density at radius 2 is 1.95 bits per heavy atom. The minimum atomic E-state index is -0.674. The molecule has 1 atom stereocenters. The van der Waals surface area contributed by atoms with Crippen LogP contribution in [0.25, 0.3) is 16.1 Å². The summed E-state index contributed by atoms with van der Waals surface area (Å²) in [7, 11) is 0. The third kappa shape index (κ3) is 5.60. The molecule has 0 saturated heterocycles. The summed E-state index contributed by atoms with van der Waals surface area (Å²) < 4.78 is 12.5. The van der Waals surface area contributed by atoms with Crippen molar-refractivity contribution in [1.29, 1.82) is 0 Å². The van der Waals surface area contributed by atoms with Gasteiger partial charge in [-0.25, -0.2) is 9.64 Å². The van der Waals surface area contributed by atoms with Gasteiger partial charge in [-0.1, -0.05) is 35.8 Å². The molecule has 0 radical (unpaired) electrons. The van der Waals surface area contributed by atoms with Crippen LogP contribution in [0.15, 0.2) is 34.9 Å². The Bertz CT molecular complexity index is 1430. The first-order chi connectivity index (χ1) is 18.5. The maximum Gasteiger partial charge on any atom is 0.412 e. The molecule has 0 aliphatic heterocycles. The minimum Gasteiger partial charge on any atom is -0.444 e. The molecule has 3 aromatic rings. The number of Topliss-reactive ketones (excluding diaryl/α,β-unsaturated/α-hetero) is 1. The fraction of sp³-hybridized carbons (Fsp3) is 0.500. The van der Waals surface area contributed by atoms with Crippen molar-refractivity contribution in [2.75, 3.05) is 5.32 Å². The van der Waals surface area contributed by atoms with Crippen LogP contribution in [0.5, 0.6) is 0 Å². The van der Waals surface area contributed by atoms with Gasteiger partial charge in [0.25, 0.3) is 5.69 Å². The number of hydrogen-bond donors (Lipinski definition) is 1. The lowest BCUT2D eigenvalue weighted by Gasteiger charge is -2.25. The highest BCUT2D eigenvalue weighted by molar-refractivity contribution is 5.93. The van der Waals surface area contributed by atoms with Crippen molar-refractivity contribution < 1.29 is 18.8 Å². The lowest BCUT2D eigenvalue weighted by atomic mass is 9.79. The van der Waals surface area contributed by atoms with E-state index in [0.717, 1.165) is 16.8 Å². The van der Waals surface area contributed by atoms with Crippen LogP contribution in [0.3, 0.4) is 0 Å². The van der Waals surface area contributed by atoms with E-state index in [1.165, 1.54) is 25.7 Å². The smallest absolute Gasteiger partial charge is 0.412 e. The summed E-state index contributed by atoms with van der Waals surface area (Å²) in [5.74, 6) is 1.48. The predicted octanol–water partition coefficient (Wildman–Crippen LogP) is 7.03. The lowest BCUT2D eigenvalue weighted by molar-refractivity contribution is -0.118. The molecular weight excluding hydrogens is 494 g/mol. The molecule has 1 amide bonds. The summed E-state index contributed by atoms with van der Waals surface area (Å²) in [5.41, 5.74) is 3.08. The summed E-state index contributed by atoms with van der Waals surface area (Å²) in [6.45, 7) is 17.0. The number of carbonyl (C=O) groups is 2. The number of rotatable bonds is 8. The predicted molar refractivity (Wildman–Crippen MR) is 147 cm³/mol. The molecule has 0 bridgehead atoms. The number of hydrogen-bond acceptors (Lipinski definition) is 6. The fourth-order valence-corrected chi connectivity index (χ4v) is 5.41. The minimum absolute atomic E-state index is 0.0504. The van der Waals surface area contributed by atoms with Crippen LogP contribution in [-0.2, 0) is 22.4 Å². The van der Waals surface area contributed by atoms with Gasteiger partial charge in [-0.15, -0.1) is 0 Å². The quantitative estimate of drug-likeness (QED) is 0.314. The Kier molecular flexibility index (Phi) is 6.83. The largest absolute Gasteiger partial charge is 0.444 e. The molecule has 2 heterocycles. The van der Waals surface area contributed by atoms with Gasteiger partial charge in [0, 0.05) is 24.4 Å². The van der Waals surface area contributed by atoms with Gasteiger partial charge in [-0.3, -0.25) is 14.8 Å². The molecule has 2 aromatic heterocycles. The number of nitrogens with one attached hydrogen (secondary N) is 1. The van der Waals surface area contributed by atoms with Crippen molar-refractivity contribution in [3.05, 3.63) is 58.8 Å². The highest BCUT2D eigenvalue weighted by atomic mass is 16.6. The molecule has 2 saturated carbocycles. The summed E-state index contributed by atoms with van der Waals surface area (Å²) in [6, 6.07) is 9.29. The molecule has 2 aliphatic rings. The van der Waals surface area contributed by atoms with E-state index < -0.39 is 11.7 Å². The van der Waals surface area contributed by atoms with Crippen LogP contribution in [-0.4, -0.2) is 32.4 Å². The van der Waals surface area contributed by atoms with E-state index in [1.54, 1.807) is 25.5 Å². The first-order valence-electron chi connectivity index (χ1n) is 13.5. The van der Waals surface area contributed by atoms with Crippen molar-refractivity contribution in [2.45, 2.75) is 90.7 Å². The maximum absolute atomic E-state index is 12.8. The molecule has 9 nitrogen and oxygen atoms in total. The van der Waals surface area contributed by atoms with Gasteiger partial charge in [0.2, 0.25) is 0 Å². The molecule has 39 heavy (non-hydrogen) atoms. The highest BCUT2D eigenvalue weighted by Crippen LogP contribution is 2.69. The lowest BCUT2D eigenvalue weighted by Crippen LogP contribution is -2.28. The van der Waals surface area contributed by atoms with Crippen LogP contribution in [0.2, 0.25) is 0 Å². The Morgan fingerprint density at radius 3 is 2.51 bits per heavy atom. The molecule has 9 heteroatoms. The van der Waals surface area contributed by atoms with E-state index in [9.17, 15) is 9.59 Å². The number of nitrogens with zero attached hydrogens (tertiary/aromatic N) is 4. The van der Waals surface area contributed by atoms with Crippen molar-refractivity contribution in [2.24, 2.45) is 5.41 Å². The standard InChI is InChI=1S/C30H35N5O4/c1-18(2)35-27(32-28(37)38-29(3,4)5)26(31-6)25(33-35)20-10-8-19(9-11-20)14-21(36)15-22-16-24(34-39-22)23-17-30(23)12-7-13-30/h8-11,16,18,23H,7,12-15,17H2,1-5H3,(H,32,37). The number of amides is 1. The van der Waals surface area contributed by atoms with E-state index in [0.29, 0.717) is 28.6 Å². The zero-order chi connectivity index (χ0) is 27.9. The normalized spacial score (nSPS) is 17.5. The molecule has 1 N–H and O–H groups in total. The second-order valence-corrected chi connectivity index (χ2v) is 12.1. The molecule has 1 aromatic carbocycles. The Morgan fingerprint density at radius 1 is 1.23 bits per heavy atom. The fourth-order valence-electron chi connectivity index (χ4n) is 5.41. The monoisotopic (exact) mass is 529 g/mol. The van der Waals surface area contributed by atoms with Gasteiger partial charge in [0.15, 0.2) is 0 Å². The molecule has 5 rings (SSSR count). The Labute approximate surface area is 228 Å². The summed E-state index contributed by atoms with van der Waals surface area (Å²) in [5, 5.41) is 11.6. The topological polar surface area (TPSA) is 104 Å². The molecule has 1 spiro atoms. The Balaban J connectivity index is 1.26. The second-order valence-electron chi connectivity index (χ2n) is 12.1. The number of carbonyl (C=O) groups excluding carboxylic acids is 2. The average molecular weight is 530 g/mol. The van der Waals surface area contributed by atoms with Crippen LogP contribution in [0.4, 0.5) is 16.3 Å². The van der Waals surface area contributed by atoms with Crippen LogP contribution in [0.1, 0.15) is 89.3 Å². The zero-order valence-corrected chi connectivity index (χ0v) is 23.2. The van der Waals surface area contributed by atoms with E-state index in [1.807, 2.05) is 44.2 Å². The summed E-state index contributed by atoms with van der Waals surface area (Å²) in [4.78, 5) is 28.9. The van der Waals surface area contributed by atoms with Gasteiger partial charge in [0.1, 0.15) is 28.7 Å². The van der Waals surface area contributed by atoms with Gasteiger partial charge in [0.05, 0.1) is 18.7 Å². The van der Waals surface area contributed by atoms with E-state index in [4.69, 9.17) is 15.8 Å². The van der Waals surface area contributed by atoms with Gasteiger partial charge < -0.3 is 9.26 Å². The van der Waals surface area contributed by atoms with Crippen molar-refractivity contribution in [3.8, 4) is 11.3 Å². The van der Waals surface area contributed by atoms with Crippen molar-refractivity contribution in [1.82, 2.24) is 14.9 Å². The average Bonchev–Trinajstić information content (AvgIpc) is 3.28. The van der Waals surface area contributed by atoms with Crippen LogP contribution >= 0.6 is 0 Å². The number of benzene rings is 1. The molecular formula is C30H35N5O4. The summed E-state index contributed by atoms with van der Waals surface area (Å²) in [6.07, 6.45) is 4.91. The number of anilines is 1. The van der Waals surface area contributed by atoms with Gasteiger partial charge >= 0.3 is 6.09 Å². The van der Waals surface area contributed by atoms with Crippen LogP contribution < -0.4 is 5.32 Å². The van der Waals surface area contributed by atoms with Crippen LogP contribution in [0, 0.1) is 12.0 Å². The van der Waals surface area contributed by atoms with E-state index in [-0.39, 0.29) is 30.4 Å². The zero-order valence-electron chi connectivity index (χ0n) is 23.2. The van der Waals surface area contributed by atoms with Crippen molar-refractivity contribution in [3.63, 3.8) is 0 Å². The highest BCUT2D eigenvalue weighted by Gasteiger charge is 2.59. The molecule has 1 unspecified atom stereocenters. The van der Waals surface area contributed by atoms with Crippen molar-refractivity contribution >= 4 is 23.4 Å². The maximum atomic E-state index is 12.8. The SMILES string of the molecule is [C-]#[N+]c1c(-c2ccc(CC(=O)Cc3cc(C4CC45CCC5)no3)cc2)nn(C(C)C)c1NC(=O)OC(C)(C)C. The van der Waals surface area contributed by atoms with E-state index >= 15 is 0 Å². The van der Waals surface area contributed by atoms with Gasteiger partial charge in [-0.05, 0) is 70.4 Å². The number of ketones is 1. The van der Waals surface area contributed by atoms with Gasteiger partial charge in [-0.2, -0.15) is 5.10 Å². The number of ether oxygens (including phenoxy) is 1. The molecule has 2 aliphatic carbocycles. The first kappa shape index (κ1) is 26.7. The molecule has 2 fully saturated rings. The first-order valence-corrected chi connectivity index (χ1v) is 13.5. The summed E-state index contributed by atoms with van der Waals surface area (Å²) >= 11 is 0. The third-order valence-corrected chi connectivity index (χ3v) is 7.58. The Hall–Kier alpha value is -3.93.